The second kappa shape index (κ2) is 8.54. The van der Waals surface area contributed by atoms with Crippen LogP contribution >= 0.6 is 0 Å². The molecule has 1 aromatic rings. The number of rotatable bonds is 5. The van der Waals surface area contributed by atoms with Gasteiger partial charge in [0.15, 0.2) is 0 Å². The van der Waals surface area contributed by atoms with Crippen LogP contribution in [0.3, 0.4) is 0 Å². The number of benzene rings is 1. The van der Waals surface area contributed by atoms with E-state index in [9.17, 15) is 4.79 Å². The highest BCUT2D eigenvalue weighted by Crippen LogP contribution is 2.40. The molecular formula is C24H36N2O2. The quantitative estimate of drug-likeness (QED) is 0.763. The van der Waals surface area contributed by atoms with Gasteiger partial charge < -0.3 is 9.64 Å². The van der Waals surface area contributed by atoms with Crippen LogP contribution in [0.15, 0.2) is 24.3 Å². The van der Waals surface area contributed by atoms with Crippen molar-refractivity contribution in [2.24, 2.45) is 5.41 Å². The fraction of sp³-hybridized carbons (Fsp3) is 0.708. The summed E-state index contributed by atoms with van der Waals surface area (Å²) in [7, 11) is 0. The van der Waals surface area contributed by atoms with E-state index >= 15 is 0 Å². The molecule has 1 amide bonds. The van der Waals surface area contributed by atoms with Crippen LogP contribution in [0.1, 0.15) is 69.4 Å². The molecule has 4 rings (SSSR count). The molecule has 4 nitrogen and oxygen atoms in total. The first-order valence-electron chi connectivity index (χ1n) is 11.2. The van der Waals surface area contributed by atoms with Gasteiger partial charge in [0.2, 0.25) is 5.91 Å². The molecule has 0 N–H and O–H groups in total. The van der Waals surface area contributed by atoms with Crippen LogP contribution < -0.4 is 0 Å². The SMILES string of the molecule is CC(C)c1ccc(CN2CCC3(CCC(=O)N(C[C@H]4CCCO4)C3)CC2)cc1. The van der Waals surface area contributed by atoms with Crippen molar-refractivity contribution in [1.82, 2.24) is 9.80 Å². The average Bonchev–Trinajstić information content (AvgIpc) is 3.20. The first kappa shape index (κ1) is 19.9. The highest BCUT2D eigenvalue weighted by atomic mass is 16.5. The van der Waals surface area contributed by atoms with Crippen molar-refractivity contribution >= 4 is 5.91 Å². The smallest absolute Gasteiger partial charge is 0.222 e. The lowest BCUT2D eigenvalue weighted by Gasteiger charge is -2.48. The fourth-order valence-electron chi connectivity index (χ4n) is 5.16. The molecule has 0 aliphatic carbocycles. The normalized spacial score (nSPS) is 25.8. The number of carbonyl (C=O) groups is 1. The zero-order valence-electron chi connectivity index (χ0n) is 17.7. The second-order valence-corrected chi connectivity index (χ2v) is 9.58. The Morgan fingerprint density at radius 2 is 1.89 bits per heavy atom. The molecule has 154 valence electrons. The summed E-state index contributed by atoms with van der Waals surface area (Å²) in [6.07, 6.45) is 6.76. The van der Waals surface area contributed by atoms with Gasteiger partial charge in [-0.15, -0.1) is 0 Å². The van der Waals surface area contributed by atoms with Crippen LogP contribution in [0.5, 0.6) is 0 Å². The van der Waals surface area contributed by atoms with E-state index in [0.29, 0.717) is 17.2 Å². The Hall–Kier alpha value is -1.39. The molecule has 3 heterocycles. The highest BCUT2D eigenvalue weighted by molar-refractivity contribution is 5.77. The topological polar surface area (TPSA) is 32.8 Å². The van der Waals surface area contributed by atoms with E-state index in [1.807, 2.05) is 0 Å². The number of hydrogen-bond donors (Lipinski definition) is 0. The van der Waals surface area contributed by atoms with E-state index in [2.05, 4.69) is 47.9 Å². The minimum atomic E-state index is 0.271. The zero-order chi connectivity index (χ0) is 19.6. The van der Waals surface area contributed by atoms with E-state index in [0.717, 1.165) is 65.0 Å². The lowest BCUT2D eigenvalue weighted by Crippen LogP contribution is -2.52. The number of nitrogens with zero attached hydrogens (tertiary/aromatic N) is 2. The van der Waals surface area contributed by atoms with Crippen LogP contribution in [0, 0.1) is 5.41 Å². The Labute approximate surface area is 170 Å². The summed E-state index contributed by atoms with van der Waals surface area (Å²) < 4.78 is 5.78. The molecule has 3 aliphatic heterocycles. The molecule has 1 atom stereocenters. The molecule has 3 fully saturated rings. The molecule has 1 spiro atoms. The summed E-state index contributed by atoms with van der Waals surface area (Å²) in [6.45, 7) is 10.5. The van der Waals surface area contributed by atoms with Gasteiger partial charge >= 0.3 is 0 Å². The number of ether oxygens (including phenoxy) is 1. The maximum Gasteiger partial charge on any atom is 0.222 e. The molecule has 3 saturated heterocycles. The maximum atomic E-state index is 12.4. The number of carbonyl (C=O) groups excluding carboxylic acids is 1. The summed E-state index contributed by atoms with van der Waals surface area (Å²) in [5.74, 6) is 0.935. The zero-order valence-corrected chi connectivity index (χ0v) is 17.7. The Morgan fingerprint density at radius 3 is 2.54 bits per heavy atom. The van der Waals surface area contributed by atoms with E-state index in [-0.39, 0.29) is 6.10 Å². The van der Waals surface area contributed by atoms with E-state index in [1.165, 1.54) is 24.0 Å². The minimum Gasteiger partial charge on any atom is -0.376 e. The summed E-state index contributed by atoms with van der Waals surface area (Å²) in [6, 6.07) is 9.15. The number of piperidine rings is 2. The number of amides is 1. The lowest BCUT2D eigenvalue weighted by atomic mass is 9.72. The summed E-state index contributed by atoms with van der Waals surface area (Å²) in [5, 5.41) is 0. The van der Waals surface area contributed by atoms with E-state index < -0.39 is 0 Å². The molecule has 28 heavy (non-hydrogen) atoms. The average molecular weight is 385 g/mol. The van der Waals surface area contributed by atoms with Gasteiger partial charge in [0.05, 0.1) is 6.10 Å². The largest absolute Gasteiger partial charge is 0.376 e. The predicted molar refractivity (Wildman–Crippen MR) is 112 cm³/mol. The fourth-order valence-corrected chi connectivity index (χ4v) is 5.16. The maximum absolute atomic E-state index is 12.4. The molecule has 0 radical (unpaired) electrons. The molecule has 3 aliphatic rings. The van der Waals surface area contributed by atoms with Gasteiger partial charge in [0, 0.05) is 32.7 Å². The summed E-state index contributed by atoms with van der Waals surface area (Å²) in [5.41, 5.74) is 3.17. The van der Waals surface area contributed by atoms with Crippen LogP contribution in [0.4, 0.5) is 0 Å². The van der Waals surface area contributed by atoms with Crippen molar-refractivity contribution in [1.29, 1.82) is 0 Å². The standard InChI is InChI=1S/C24H36N2O2/c1-19(2)21-7-5-20(6-8-21)16-25-13-11-24(12-14-25)10-9-23(27)26(18-24)17-22-4-3-15-28-22/h5-8,19,22H,3-4,9-18H2,1-2H3/t22-/m1/s1. The van der Waals surface area contributed by atoms with Crippen molar-refractivity contribution in [3.63, 3.8) is 0 Å². The lowest BCUT2D eigenvalue weighted by molar-refractivity contribution is -0.141. The predicted octanol–water partition coefficient (Wildman–Crippen LogP) is 4.19. The molecule has 0 bridgehead atoms. The van der Waals surface area contributed by atoms with Gasteiger partial charge in [0.1, 0.15) is 0 Å². The van der Waals surface area contributed by atoms with Crippen LogP contribution in [0.2, 0.25) is 0 Å². The van der Waals surface area contributed by atoms with Crippen molar-refractivity contribution in [3.8, 4) is 0 Å². The molecule has 4 heteroatoms. The van der Waals surface area contributed by atoms with Crippen molar-refractivity contribution in [3.05, 3.63) is 35.4 Å². The van der Waals surface area contributed by atoms with Gasteiger partial charge in [-0.25, -0.2) is 0 Å². The van der Waals surface area contributed by atoms with Gasteiger partial charge in [-0.1, -0.05) is 38.1 Å². The van der Waals surface area contributed by atoms with Crippen LogP contribution in [-0.2, 0) is 16.1 Å². The van der Waals surface area contributed by atoms with Crippen LogP contribution in [-0.4, -0.2) is 54.6 Å². The Kier molecular flexibility index (Phi) is 6.07. The van der Waals surface area contributed by atoms with Crippen LogP contribution in [0.25, 0.3) is 0 Å². The van der Waals surface area contributed by atoms with Gasteiger partial charge in [0.25, 0.3) is 0 Å². The third-order valence-corrected chi connectivity index (χ3v) is 7.17. The second-order valence-electron chi connectivity index (χ2n) is 9.58. The van der Waals surface area contributed by atoms with Gasteiger partial charge in [-0.3, -0.25) is 9.69 Å². The molecular weight excluding hydrogens is 348 g/mol. The summed E-state index contributed by atoms with van der Waals surface area (Å²) >= 11 is 0. The Balaban J connectivity index is 1.30. The first-order chi connectivity index (χ1) is 13.5. The molecule has 0 saturated carbocycles. The first-order valence-corrected chi connectivity index (χ1v) is 11.2. The monoisotopic (exact) mass is 384 g/mol. The van der Waals surface area contributed by atoms with Gasteiger partial charge in [-0.05, 0) is 67.7 Å². The molecule has 0 aromatic heterocycles. The minimum absolute atomic E-state index is 0.271. The number of hydrogen-bond acceptors (Lipinski definition) is 3. The third-order valence-electron chi connectivity index (χ3n) is 7.17. The highest BCUT2D eigenvalue weighted by Gasteiger charge is 2.41. The third kappa shape index (κ3) is 4.60. The van der Waals surface area contributed by atoms with Gasteiger partial charge in [-0.2, -0.15) is 0 Å². The van der Waals surface area contributed by atoms with Crippen molar-refractivity contribution < 1.29 is 9.53 Å². The Bertz CT molecular complexity index is 656. The van der Waals surface area contributed by atoms with E-state index in [1.54, 1.807) is 0 Å². The Morgan fingerprint density at radius 1 is 1.14 bits per heavy atom. The van der Waals surface area contributed by atoms with Crippen molar-refractivity contribution in [2.75, 3.05) is 32.8 Å². The van der Waals surface area contributed by atoms with E-state index in [4.69, 9.17) is 4.74 Å². The summed E-state index contributed by atoms with van der Waals surface area (Å²) in [4.78, 5) is 17.2. The molecule has 1 aromatic carbocycles. The molecule has 0 unspecified atom stereocenters. The number of likely N-dealkylation sites (tertiary alicyclic amines) is 2. The van der Waals surface area contributed by atoms with Crippen molar-refractivity contribution in [2.45, 2.75) is 70.9 Å².